The van der Waals surface area contributed by atoms with Gasteiger partial charge in [-0.25, -0.2) is 8.78 Å². The van der Waals surface area contributed by atoms with Gasteiger partial charge in [-0.3, -0.25) is 9.36 Å². The molecule has 0 atom stereocenters. The summed E-state index contributed by atoms with van der Waals surface area (Å²) in [7, 11) is 1.49. The van der Waals surface area contributed by atoms with Crippen LogP contribution in [0.25, 0.3) is 17.8 Å². The fourth-order valence-electron chi connectivity index (χ4n) is 2.80. The molecule has 2 aromatic carbocycles. The van der Waals surface area contributed by atoms with E-state index in [2.05, 4.69) is 0 Å². The zero-order chi connectivity index (χ0) is 24.6. The second-order valence-electron chi connectivity index (χ2n) is 7.61. The minimum absolute atomic E-state index is 0.0850. The predicted molar refractivity (Wildman–Crippen MR) is 127 cm³/mol. The van der Waals surface area contributed by atoms with Gasteiger partial charge >= 0.3 is 0 Å². The smallest absolute Gasteiger partial charge is 0.255 e. The number of halogens is 2. The van der Waals surface area contributed by atoms with Gasteiger partial charge in [0.2, 0.25) is 0 Å². The van der Waals surface area contributed by atoms with E-state index in [1.165, 1.54) is 23.8 Å². The normalized spacial score (nSPS) is 11.2. The van der Waals surface area contributed by atoms with Crippen LogP contribution in [0, 0.1) is 11.6 Å². The maximum absolute atomic E-state index is 13.3. The number of nitrogens with zero attached hydrogens (tertiary/aromatic N) is 1. The van der Waals surface area contributed by atoms with Crippen molar-refractivity contribution in [2.75, 3.05) is 13.7 Å². The van der Waals surface area contributed by atoms with Gasteiger partial charge in [0.15, 0.2) is 23.1 Å². The number of benzene rings is 2. The van der Waals surface area contributed by atoms with E-state index in [0.717, 1.165) is 12.1 Å². The summed E-state index contributed by atoms with van der Waals surface area (Å²) in [6.07, 6.45) is 4.85. The number of hydrogen-bond acceptors (Lipinski definition) is 4. The summed E-state index contributed by atoms with van der Waals surface area (Å²) < 4.78 is 38.7. The Labute approximate surface area is 192 Å². The summed E-state index contributed by atoms with van der Waals surface area (Å²) in [5.41, 5.74) is 0.398. The Hall–Kier alpha value is -3.45. The molecule has 3 rings (SSSR count). The van der Waals surface area contributed by atoms with Crippen molar-refractivity contribution < 1.29 is 23.4 Å². The molecule has 0 bridgehead atoms. The van der Waals surface area contributed by atoms with Crippen molar-refractivity contribution >= 4 is 12.2 Å². The average molecular weight is 458 g/mol. The predicted octanol–water partition coefficient (Wildman–Crippen LogP) is 5.47. The molecule has 0 fully saturated rings. The lowest BCUT2D eigenvalue weighted by Crippen LogP contribution is -2.28. The van der Waals surface area contributed by atoms with Crippen LogP contribution >= 0.6 is 0 Å². The first-order valence-electron chi connectivity index (χ1n) is 10.6. The number of aliphatic hydroxyl groups is 1. The second kappa shape index (κ2) is 11.4. The zero-order valence-corrected chi connectivity index (χ0v) is 19.4. The van der Waals surface area contributed by atoms with Crippen LogP contribution in [0.2, 0.25) is 0 Å². The van der Waals surface area contributed by atoms with E-state index >= 15 is 0 Å². The van der Waals surface area contributed by atoms with Crippen molar-refractivity contribution in [3.05, 3.63) is 87.8 Å². The third kappa shape index (κ3) is 7.29. The van der Waals surface area contributed by atoms with Crippen molar-refractivity contribution in [2.24, 2.45) is 0 Å². The molecule has 3 aromatic rings. The third-order valence-corrected chi connectivity index (χ3v) is 4.36. The Morgan fingerprint density at radius 3 is 2.18 bits per heavy atom. The molecule has 0 unspecified atom stereocenters. The Morgan fingerprint density at radius 1 is 0.939 bits per heavy atom. The van der Waals surface area contributed by atoms with E-state index in [-0.39, 0.29) is 12.2 Å². The van der Waals surface area contributed by atoms with E-state index in [0.29, 0.717) is 28.3 Å². The van der Waals surface area contributed by atoms with E-state index in [1.807, 2.05) is 13.8 Å². The lowest BCUT2D eigenvalue weighted by molar-refractivity contribution is 0.0276. The SMILES string of the molecule is CC.COc1cc(-n2ccc(C=Cc3ccc(F)c(F)c3)cc2=O)ccc1OCC(C)(C)O. The zero-order valence-electron chi connectivity index (χ0n) is 19.4. The third-order valence-electron chi connectivity index (χ3n) is 4.36. The van der Waals surface area contributed by atoms with Crippen LogP contribution in [0.3, 0.4) is 0 Å². The van der Waals surface area contributed by atoms with Crippen LogP contribution in [-0.2, 0) is 0 Å². The van der Waals surface area contributed by atoms with E-state index in [4.69, 9.17) is 9.47 Å². The summed E-state index contributed by atoms with van der Waals surface area (Å²) in [5.74, 6) is -0.961. The fourth-order valence-corrected chi connectivity index (χ4v) is 2.80. The molecule has 33 heavy (non-hydrogen) atoms. The first-order chi connectivity index (χ1) is 15.7. The lowest BCUT2D eigenvalue weighted by atomic mass is 10.1. The average Bonchev–Trinajstić information content (AvgIpc) is 2.79. The van der Waals surface area contributed by atoms with Crippen LogP contribution in [0.4, 0.5) is 8.78 Å². The highest BCUT2D eigenvalue weighted by Crippen LogP contribution is 2.30. The van der Waals surface area contributed by atoms with Crippen LogP contribution in [0.5, 0.6) is 11.5 Å². The van der Waals surface area contributed by atoms with Crippen molar-refractivity contribution in [1.29, 1.82) is 0 Å². The molecule has 0 saturated carbocycles. The van der Waals surface area contributed by atoms with Gasteiger partial charge < -0.3 is 14.6 Å². The Balaban J connectivity index is 0.00000187. The Bertz CT molecular complexity index is 1160. The van der Waals surface area contributed by atoms with Gasteiger partial charge in [0, 0.05) is 18.3 Å². The number of methoxy groups -OCH3 is 1. The molecule has 0 amide bonds. The largest absolute Gasteiger partial charge is 0.493 e. The second-order valence-corrected chi connectivity index (χ2v) is 7.61. The van der Waals surface area contributed by atoms with E-state index in [1.54, 1.807) is 56.5 Å². The molecule has 1 aromatic heterocycles. The van der Waals surface area contributed by atoms with Gasteiger partial charge in [-0.2, -0.15) is 0 Å². The number of hydrogen-bond donors (Lipinski definition) is 1. The van der Waals surface area contributed by atoms with Crippen LogP contribution < -0.4 is 15.0 Å². The van der Waals surface area contributed by atoms with Crippen molar-refractivity contribution in [3.63, 3.8) is 0 Å². The molecule has 5 nitrogen and oxygen atoms in total. The Kier molecular flexibility index (Phi) is 8.94. The molecule has 176 valence electrons. The quantitative estimate of drug-likeness (QED) is 0.511. The summed E-state index contributed by atoms with van der Waals surface area (Å²) in [4.78, 5) is 12.6. The monoisotopic (exact) mass is 457 g/mol. The van der Waals surface area contributed by atoms with Crippen LogP contribution in [0.1, 0.15) is 38.8 Å². The highest BCUT2D eigenvalue weighted by molar-refractivity contribution is 5.69. The number of ether oxygens (including phenoxy) is 2. The van der Waals surface area contributed by atoms with E-state index < -0.39 is 17.2 Å². The molecule has 0 spiro atoms. The Morgan fingerprint density at radius 2 is 1.61 bits per heavy atom. The standard InChI is InChI=1S/C24H23F2NO4.C2H6/c1-24(2,29)15-31-21-9-7-18(14-22(21)30-3)27-11-10-17(13-23(27)28)5-4-16-6-8-19(25)20(26)12-16;1-2/h4-14,29H,15H2,1-3H3;1-2H3. The van der Waals surface area contributed by atoms with Gasteiger partial charge in [0.1, 0.15) is 6.61 Å². The number of aromatic nitrogens is 1. The van der Waals surface area contributed by atoms with Gasteiger partial charge in [-0.05, 0) is 55.3 Å². The number of rotatable bonds is 7. The molecule has 1 heterocycles. The fraction of sp³-hybridized carbons (Fsp3) is 0.269. The summed E-state index contributed by atoms with van der Waals surface area (Å²) in [6, 6.07) is 11.8. The molecule has 0 radical (unpaired) electrons. The topological polar surface area (TPSA) is 60.7 Å². The van der Waals surface area contributed by atoms with E-state index in [9.17, 15) is 18.7 Å². The molecule has 0 aliphatic rings. The molecular weight excluding hydrogens is 428 g/mol. The summed E-state index contributed by atoms with van der Waals surface area (Å²) in [5, 5.41) is 9.83. The maximum atomic E-state index is 13.3. The van der Waals surface area contributed by atoms with Gasteiger partial charge in [-0.1, -0.05) is 32.1 Å². The van der Waals surface area contributed by atoms with Crippen molar-refractivity contribution in [1.82, 2.24) is 4.57 Å². The summed E-state index contributed by atoms with van der Waals surface area (Å²) >= 11 is 0. The molecule has 0 saturated heterocycles. The molecule has 0 aliphatic carbocycles. The minimum Gasteiger partial charge on any atom is -0.493 e. The first-order valence-corrected chi connectivity index (χ1v) is 10.6. The highest BCUT2D eigenvalue weighted by Gasteiger charge is 2.16. The maximum Gasteiger partial charge on any atom is 0.255 e. The first kappa shape index (κ1) is 25.8. The van der Waals surface area contributed by atoms with Crippen molar-refractivity contribution in [2.45, 2.75) is 33.3 Å². The highest BCUT2D eigenvalue weighted by atomic mass is 19.2. The van der Waals surface area contributed by atoms with Gasteiger partial charge in [0.25, 0.3) is 5.56 Å². The lowest BCUT2D eigenvalue weighted by Gasteiger charge is -2.19. The number of pyridine rings is 1. The minimum atomic E-state index is -0.996. The van der Waals surface area contributed by atoms with Gasteiger partial charge in [-0.15, -0.1) is 0 Å². The molecule has 0 aliphatic heterocycles. The summed E-state index contributed by atoms with van der Waals surface area (Å²) in [6.45, 7) is 7.35. The van der Waals surface area contributed by atoms with Gasteiger partial charge in [0.05, 0.1) is 18.4 Å². The molecule has 1 N–H and O–H groups in total. The van der Waals surface area contributed by atoms with Crippen LogP contribution in [0.15, 0.2) is 59.5 Å². The molecular formula is C26H29F2NO4. The van der Waals surface area contributed by atoms with Crippen LogP contribution in [-0.4, -0.2) is 29.0 Å². The molecule has 7 heteroatoms. The van der Waals surface area contributed by atoms with Crippen molar-refractivity contribution in [3.8, 4) is 17.2 Å².